The lowest BCUT2D eigenvalue weighted by Gasteiger charge is -2.27. The molecule has 0 aromatic rings. The SMILES string of the molecule is CCCCCC/C=C\CC(=O)N[C@H]1COC(=O)CNC(=O)C(CCCN(O)C(C)=O)NC(=O)CNC(=O)[C@H](CO)NC(=O)C(CCCN(O)C(C)=O)NC(=O)[C@H](CO)NC(=O)[C@@H](C(C)C)NC(=O)CNC(=O)C(CCCN(O)C(C)=O)NC1=O. The van der Waals surface area contributed by atoms with Crippen molar-refractivity contribution in [2.45, 2.75) is 161 Å². The van der Waals surface area contributed by atoms with E-state index in [9.17, 15) is 93.0 Å². The summed E-state index contributed by atoms with van der Waals surface area (Å²) in [4.78, 5) is 184. The number of ether oxygens (including phenoxy) is 1. The fourth-order valence-corrected chi connectivity index (χ4v) is 7.61. The number of aliphatic hydroxyl groups is 2. The molecule has 33 heteroatoms. The van der Waals surface area contributed by atoms with E-state index in [2.05, 4.69) is 60.1 Å². The molecule has 15 N–H and O–H groups in total. The summed E-state index contributed by atoms with van der Waals surface area (Å²) in [6.07, 6.45) is 6.09. The van der Waals surface area contributed by atoms with Crippen molar-refractivity contribution in [2.24, 2.45) is 5.92 Å². The number of amides is 13. The van der Waals surface area contributed by atoms with Crippen LogP contribution in [0.15, 0.2) is 12.2 Å². The lowest BCUT2D eigenvalue weighted by molar-refractivity contribution is -0.163. The average molecular weight is 1200 g/mol. The van der Waals surface area contributed by atoms with Gasteiger partial charge in [-0.25, -0.2) is 15.2 Å². The lowest BCUT2D eigenvalue weighted by Crippen LogP contribution is -2.60. The minimum absolute atomic E-state index is 0.137. The molecule has 84 heavy (non-hydrogen) atoms. The van der Waals surface area contributed by atoms with E-state index in [0.717, 1.165) is 46.5 Å². The Morgan fingerprint density at radius 2 is 0.952 bits per heavy atom. The zero-order valence-electron chi connectivity index (χ0n) is 48.3. The third kappa shape index (κ3) is 29.9. The second-order valence-corrected chi connectivity index (χ2v) is 19.9. The van der Waals surface area contributed by atoms with Crippen LogP contribution in [0.1, 0.15) is 119 Å². The van der Waals surface area contributed by atoms with Crippen LogP contribution in [0.25, 0.3) is 0 Å². The highest BCUT2D eigenvalue weighted by molar-refractivity contribution is 5.98. The molecule has 0 bridgehead atoms. The zero-order valence-corrected chi connectivity index (χ0v) is 48.3. The molecule has 13 amide bonds. The summed E-state index contributed by atoms with van der Waals surface area (Å²) in [6, 6.07) is -11.7. The van der Waals surface area contributed by atoms with Crippen LogP contribution in [0.2, 0.25) is 0 Å². The number of allylic oxidation sites excluding steroid dienone is 1. The third-order valence-electron chi connectivity index (χ3n) is 12.5. The van der Waals surface area contributed by atoms with Crippen LogP contribution in [-0.2, 0) is 71.9 Å². The van der Waals surface area contributed by atoms with E-state index in [0.29, 0.717) is 21.6 Å². The number of hydrogen-bond acceptors (Lipinski definition) is 20. The highest BCUT2D eigenvalue weighted by Crippen LogP contribution is 2.08. The highest BCUT2D eigenvalue weighted by Gasteiger charge is 2.34. The predicted octanol–water partition coefficient (Wildman–Crippen LogP) is -5.10. The number of unbranched alkanes of at least 4 members (excludes halogenated alkanes) is 4. The van der Waals surface area contributed by atoms with Gasteiger partial charge in [0.1, 0.15) is 55.4 Å². The topological polar surface area (TPSA) is 479 Å². The van der Waals surface area contributed by atoms with Crippen molar-refractivity contribution in [3.63, 3.8) is 0 Å². The standard InChI is InChI=1S/C51H85N13O20/c1-7-8-9-10-11-12-13-20-40(70)56-39-29-84-43(73)26-54-45(74)34(17-14-21-62(81)31(4)67)55-41(71)24-53-47(76)37(27-65)59-48(77)36(19-16-23-64(83)33(6)69)58-49(78)38(28-66)60-51(80)44(30(2)3)61-42(72)25-52-46(75)35(57-50(39)79)18-15-22-63(82)32(5)68/h12-13,30,34-39,44,65-66,81-83H,7-11,14-29H2,1-6H3,(H,52,75)(H,53,76)(H,54,74)(H,55,71)(H,56,70)(H,57,79)(H,58,78)(H,59,77)(H,60,80)(H,61,72)/b13-12-/t34?,35?,36?,37-,38-,39-,44+/m0/s1. The molecule has 33 nitrogen and oxygen atoms in total. The first-order valence-corrected chi connectivity index (χ1v) is 27.5. The molecule has 7 atom stereocenters. The van der Waals surface area contributed by atoms with Gasteiger partial charge in [-0.3, -0.25) is 82.7 Å². The molecule has 1 aliphatic rings. The first-order chi connectivity index (χ1) is 39.6. The van der Waals surface area contributed by atoms with Gasteiger partial charge in [-0.05, 0) is 57.3 Å². The highest BCUT2D eigenvalue weighted by atomic mass is 16.5. The number of nitrogens with one attached hydrogen (secondary N) is 10. The van der Waals surface area contributed by atoms with Crippen molar-refractivity contribution in [1.82, 2.24) is 68.4 Å². The summed E-state index contributed by atoms with van der Waals surface area (Å²) in [6.45, 7) is 1.27. The van der Waals surface area contributed by atoms with Crippen LogP contribution >= 0.6 is 0 Å². The van der Waals surface area contributed by atoms with Crippen molar-refractivity contribution in [1.29, 1.82) is 0 Å². The van der Waals surface area contributed by atoms with Crippen LogP contribution in [0.5, 0.6) is 0 Å². The second-order valence-electron chi connectivity index (χ2n) is 19.9. The first kappa shape index (κ1) is 74.1. The minimum Gasteiger partial charge on any atom is -0.462 e. The summed E-state index contributed by atoms with van der Waals surface area (Å²) >= 11 is 0. The van der Waals surface area contributed by atoms with E-state index < -0.39 is 170 Å². The molecular weight excluding hydrogens is 1110 g/mol. The normalized spacial score (nSPS) is 21.8. The van der Waals surface area contributed by atoms with E-state index in [1.165, 1.54) is 13.8 Å². The molecule has 0 aromatic carbocycles. The number of esters is 1. The molecule has 1 saturated heterocycles. The van der Waals surface area contributed by atoms with Gasteiger partial charge in [-0.15, -0.1) is 0 Å². The molecule has 1 aliphatic heterocycles. The third-order valence-corrected chi connectivity index (χ3v) is 12.5. The first-order valence-electron chi connectivity index (χ1n) is 27.5. The van der Waals surface area contributed by atoms with Crippen molar-refractivity contribution in [3.8, 4) is 0 Å². The van der Waals surface area contributed by atoms with Gasteiger partial charge in [-0.1, -0.05) is 52.2 Å². The van der Waals surface area contributed by atoms with Gasteiger partial charge in [0.05, 0.1) is 26.3 Å². The quantitative estimate of drug-likeness (QED) is 0.0150. The number of cyclic esters (lactones) is 1. The monoisotopic (exact) mass is 1200 g/mol. The maximum atomic E-state index is 14.0. The van der Waals surface area contributed by atoms with Crippen molar-refractivity contribution in [3.05, 3.63) is 12.2 Å². The second kappa shape index (κ2) is 40.4. The van der Waals surface area contributed by atoms with Gasteiger partial charge in [0.15, 0.2) is 0 Å². The number of carbonyl (C=O) groups excluding carboxylic acids is 14. The Kier molecular flexibility index (Phi) is 35.6. The number of carbonyl (C=O) groups is 14. The minimum atomic E-state index is -1.84. The fourth-order valence-electron chi connectivity index (χ4n) is 7.61. The summed E-state index contributed by atoms with van der Waals surface area (Å²) in [5.74, 6) is -14.8. The number of hydroxylamine groups is 6. The van der Waals surface area contributed by atoms with Crippen LogP contribution < -0.4 is 53.2 Å². The number of hydrogen-bond donors (Lipinski definition) is 15. The van der Waals surface area contributed by atoms with Crippen LogP contribution in [-0.4, -0.2) is 225 Å². The van der Waals surface area contributed by atoms with E-state index in [4.69, 9.17) is 4.74 Å². The summed E-state index contributed by atoms with van der Waals surface area (Å²) in [5.41, 5.74) is 0. The van der Waals surface area contributed by atoms with Gasteiger partial charge in [0, 0.05) is 46.8 Å². The molecular formula is C51H85N13O20. The van der Waals surface area contributed by atoms with Crippen LogP contribution in [0, 0.1) is 5.92 Å². The number of nitrogens with zero attached hydrogens (tertiary/aromatic N) is 3. The molecule has 1 heterocycles. The Labute approximate surface area is 485 Å². The van der Waals surface area contributed by atoms with Crippen molar-refractivity contribution >= 4 is 82.8 Å². The van der Waals surface area contributed by atoms with Gasteiger partial charge >= 0.3 is 5.97 Å². The average Bonchev–Trinajstić information content (AvgIpc) is 3.57. The van der Waals surface area contributed by atoms with Crippen LogP contribution in [0.4, 0.5) is 0 Å². The summed E-state index contributed by atoms with van der Waals surface area (Å²) in [7, 11) is 0. The molecule has 3 unspecified atom stereocenters. The van der Waals surface area contributed by atoms with E-state index in [1.807, 2.05) is 0 Å². The predicted molar refractivity (Wildman–Crippen MR) is 290 cm³/mol. The molecule has 474 valence electrons. The lowest BCUT2D eigenvalue weighted by atomic mass is 10.0. The molecule has 0 saturated carbocycles. The van der Waals surface area contributed by atoms with Crippen molar-refractivity contribution < 1.29 is 97.7 Å². The van der Waals surface area contributed by atoms with E-state index in [-0.39, 0.29) is 64.6 Å². The van der Waals surface area contributed by atoms with Gasteiger partial charge in [-0.2, -0.15) is 0 Å². The molecule has 1 fully saturated rings. The smallest absolute Gasteiger partial charge is 0.325 e. The molecule has 0 radical (unpaired) electrons. The largest absolute Gasteiger partial charge is 0.462 e. The van der Waals surface area contributed by atoms with E-state index >= 15 is 0 Å². The fraction of sp³-hybridized carbons (Fsp3) is 0.686. The maximum Gasteiger partial charge on any atom is 0.325 e. The van der Waals surface area contributed by atoms with Crippen molar-refractivity contribution in [2.75, 3.05) is 59.1 Å². The van der Waals surface area contributed by atoms with Gasteiger partial charge in [0.2, 0.25) is 76.8 Å². The van der Waals surface area contributed by atoms with E-state index in [1.54, 1.807) is 12.2 Å². The maximum absolute atomic E-state index is 14.0. The summed E-state index contributed by atoms with van der Waals surface area (Å²) in [5, 5.41) is 74.2. The summed E-state index contributed by atoms with van der Waals surface area (Å²) < 4.78 is 5.28. The Hall–Kier alpha value is -7.88. The molecule has 0 aliphatic carbocycles. The number of aliphatic hydroxyl groups excluding tert-OH is 2. The zero-order chi connectivity index (χ0) is 63.5. The molecule has 0 aromatic heterocycles. The Balaban J connectivity index is 3.82. The molecule has 1 rings (SSSR count). The number of rotatable bonds is 23. The van der Waals surface area contributed by atoms with Crippen LogP contribution in [0.3, 0.4) is 0 Å². The Bertz CT molecular complexity index is 2290. The Morgan fingerprint density at radius 3 is 1.44 bits per heavy atom. The Morgan fingerprint density at radius 1 is 0.536 bits per heavy atom. The van der Waals surface area contributed by atoms with Gasteiger partial charge in [0.25, 0.3) is 0 Å². The van der Waals surface area contributed by atoms with Gasteiger partial charge < -0.3 is 68.1 Å². The molecule has 0 spiro atoms.